The molecule has 0 saturated carbocycles. The topological polar surface area (TPSA) is 60.2 Å². The Bertz CT molecular complexity index is 1300. The molecule has 0 aliphatic carbocycles. The van der Waals surface area contributed by atoms with Gasteiger partial charge in [0, 0.05) is 18.8 Å². The van der Waals surface area contributed by atoms with Crippen LogP contribution >= 0.6 is 0 Å². The normalized spacial score (nSPS) is 15.8. The predicted octanol–water partition coefficient (Wildman–Crippen LogP) is 5.42. The van der Waals surface area contributed by atoms with Crippen molar-refractivity contribution < 1.29 is 9.53 Å². The smallest absolute Gasteiger partial charge is 0.357 e. The summed E-state index contributed by atoms with van der Waals surface area (Å²) in [6.07, 6.45) is 1.23. The van der Waals surface area contributed by atoms with Crippen molar-refractivity contribution in [1.29, 1.82) is 0 Å². The molecule has 0 bridgehead atoms. The van der Waals surface area contributed by atoms with Crippen LogP contribution in [0.15, 0.2) is 60.7 Å². The number of ether oxygens (including phenoxy) is 1. The standard InChI is InChI=1S/C27H28N4O2/c1-4-33-27(32)24-16-23(20-10-12-21(13-11-20)30-15-14-18(2)17-30)25-19(3)29-31(26(25)28-24)22-8-6-5-7-9-22/h5-13,16,18H,4,14-15,17H2,1-3H3/t18-/m0/s1. The van der Waals surface area contributed by atoms with Crippen molar-refractivity contribution in [3.63, 3.8) is 0 Å². The quantitative estimate of drug-likeness (QED) is 0.388. The van der Waals surface area contributed by atoms with Crippen molar-refractivity contribution in [3.05, 3.63) is 72.1 Å². The average Bonchev–Trinajstić information content (AvgIpc) is 3.42. The number of carbonyl (C=O) groups excluding carboxylic acids is 1. The number of pyridine rings is 1. The Kier molecular flexibility index (Phi) is 5.58. The first kappa shape index (κ1) is 21.2. The fourth-order valence-corrected chi connectivity index (χ4v) is 4.60. The van der Waals surface area contributed by atoms with Crippen LogP contribution in [0.25, 0.3) is 27.8 Å². The summed E-state index contributed by atoms with van der Waals surface area (Å²) in [5.74, 6) is 0.296. The molecule has 1 aliphatic rings. The highest BCUT2D eigenvalue weighted by Gasteiger charge is 2.22. The Balaban J connectivity index is 1.66. The number of rotatable bonds is 5. The number of para-hydroxylation sites is 1. The fourth-order valence-electron chi connectivity index (χ4n) is 4.60. The number of carbonyl (C=O) groups is 1. The van der Waals surface area contributed by atoms with Crippen LogP contribution in [0.5, 0.6) is 0 Å². The van der Waals surface area contributed by atoms with Crippen molar-refractivity contribution in [2.24, 2.45) is 5.92 Å². The van der Waals surface area contributed by atoms with Gasteiger partial charge in [-0.05, 0) is 67.6 Å². The van der Waals surface area contributed by atoms with Crippen molar-refractivity contribution in [1.82, 2.24) is 14.8 Å². The highest BCUT2D eigenvalue weighted by Crippen LogP contribution is 2.34. The monoisotopic (exact) mass is 440 g/mol. The van der Waals surface area contributed by atoms with Crippen LogP contribution < -0.4 is 4.90 Å². The van der Waals surface area contributed by atoms with Crippen LogP contribution in [0.4, 0.5) is 5.69 Å². The molecule has 1 atom stereocenters. The molecular formula is C27H28N4O2. The highest BCUT2D eigenvalue weighted by atomic mass is 16.5. The molecular weight excluding hydrogens is 412 g/mol. The number of anilines is 1. The summed E-state index contributed by atoms with van der Waals surface area (Å²) in [6, 6.07) is 20.3. The molecule has 6 heteroatoms. The number of aryl methyl sites for hydroxylation is 1. The second-order valence-corrected chi connectivity index (χ2v) is 8.69. The number of hydrogen-bond donors (Lipinski definition) is 0. The Morgan fingerprint density at radius 3 is 2.52 bits per heavy atom. The molecule has 6 nitrogen and oxygen atoms in total. The maximum absolute atomic E-state index is 12.7. The van der Waals surface area contributed by atoms with Gasteiger partial charge in [0.25, 0.3) is 0 Å². The molecule has 0 radical (unpaired) electrons. The van der Waals surface area contributed by atoms with Gasteiger partial charge in [-0.2, -0.15) is 5.10 Å². The van der Waals surface area contributed by atoms with Gasteiger partial charge in [-0.15, -0.1) is 0 Å². The van der Waals surface area contributed by atoms with E-state index in [1.54, 1.807) is 11.6 Å². The number of fused-ring (bicyclic) bond motifs is 1. The molecule has 4 aromatic rings. The summed E-state index contributed by atoms with van der Waals surface area (Å²) < 4.78 is 7.08. The molecule has 0 unspecified atom stereocenters. The van der Waals surface area contributed by atoms with Crippen LogP contribution in [-0.4, -0.2) is 40.4 Å². The summed E-state index contributed by atoms with van der Waals surface area (Å²) >= 11 is 0. The molecule has 1 fully saturated rings. The van der Waals surface area contributed by atoms with E-state index in [4.69, 9.17) is 9.84 Å². The van der Waals surface area contributed by atoms with E-state index >= 15 is 0 Å². The van der Waals surface area contributed by atoms with E-state index in [9.17, 15) is 4.79 Å². The van der Waals surface area contributed by atoms with Gasteiger partial charge in [0.1, 0.15) is 0 Å². The van der Waals surface area contributed by atoms with Crippen LogP contribution in [0.2, 0.25) is 0 Å². The molecule has 1 aliphatic heterocycles. The van der Waals surface area contributed by atoms with Gasteiger partial charge >= 0.3 is 5.97 Å². The Labute approximate surface area is 193 Å². The zero-order chi connectivity index (χ0) is 22.9. The lowest BCUT2D eigenvalue weighted by molar-refractivity contribution is 0.0520. The first-order valence-electron chi connectivity index (χ1n) is 11.5. The second kappa shape index (κ2) is 8.70. The Morgan fingerprint density at radius 1 is 1.09 bits per heavy atom. The van der Waals surface area contributed by atoms with Gasteiger partial charge in [0.05, 0.1) is 23.4 Å². The number of benzene rings is 2. The minimum Gasteiger partial charge on any atom is -0.461 e. The summed E-state index contributed by atoms with van der Waals surface area (Å²) in [4.78, 5) is 19.8. The van der Waals surface area contributed by atoms with Crippen molar-refractivity contribution in [2.75, 3.05) is 24.6 Å². The average molecular weight is 441 g/mol. The molecule has 33 heavy (non-hydrogen) atoms. The number of nitrogens with zero attached hydrogens (tertiary/aromatic N) is 4. The molecule has 1 saturated heterocycles. The van der Waals surface area contributed by atoms with Gasteiger partial charge in [-0.3, -0.25) is 0 Å². The molecule has 168 valence electrons. The van der Waals surface area contributed by atoms with Gasteiger partial charge < -0.3 is 9.64 Å². The maximum Gasteiger partial charge on any atom is 0.357 e. The van der Waals surface area contributed by atoms with E-state index in [0.29, 0.717) is 12.3 Å². The summed E-state index contributed by atoms with van der Waals surface area (Å²) in [5, 5.41) is 5.71. The molecule has 0 N–H and O–H groups in total. The third kappa shape index (κ3) is 3.97. The van der Waals surface area contributed by atoms with E-state index in [2.05, 4.69) is 41.1 Å². The highest BCUT2D eigenvalue weighted by molar-refractivity contribution is 6.00. The van der Waals surface area contributed by atoms with Gasteiger partial charge in [-0.25, -0.2) is 14.5 Å². The van der Waals surface area contributed by atoms with E-state index in [1.807, 2.05) is 43.3 Å². The van der Waals surface area contributed by atoms with Crippen LogP contribution in [-0.2, 0) is 4.74 Å². The van der Waals surface area contributed by atoms with Gasteiger partial charge in [0.15, 0.2) is 11.3 Å². The third-order valence-corrected chi connectivity index (χ3v) is 6.27. The Morgan fingerprint density at radius 2 is 1.85 bits per heavy atom. The minimum atomic E-state index is -0.429. The minimum absolute atomic E-state index is 0.286. The maximum atomic E-state index is 12.7. The first-order valence-corrected chi connectivity index (χ1v) is 11.5. The van der Waals surface area contributed by atoms with E-state index in [0.717, 1.165) is 46.9 Å². The molecule has 2 aromatic carbocycles. The SMILES string of the molecule is CCOC(=O)c1cc(-c2ccc(N3CC[C@H](C)C3)cc2)c2c(C)nn(-c3ccccc3)c2n1. The van der Waals surface area contributed by atoms with E-state index in [-0.39, 0.29) is 5.69 Å². The zero-order valence-electron chi connectivity index (χ0n) is 19.3. The largest absolute Gasteiger partial charge is 0.461 e. The Hall–Kier alpha value is -3.67. The molecule has 3 heterocycles. The van der Waals surface area contributed by atoms with Crippen molar-refractivity contribution >= 4 is 22.7 Å². The molecule has 2 aromatic heterocycles. The van der Waals surface area contributed by atoms with E-state index < -0.39 is 5.97 Å². The lowest BCUT2D eigenvalue weighted by Gasteiger charge is -2.18. The molecule has 0 spiro atoms. The second-order valence-electron chi connectivity index (χ2n) is 8.69. The van der Waals surface area contributed by atoms with Crippen LogP contribution in [0.3, 0.4) is 0 Å². The lowest BCUT2D eigenvalue weighted by Crippen LogP contribution is -2.18. The number of hydrogen-bond acceptors (Lipinski definition) is 5. The summed E-state index contributed by atoms with van der Waals surface area (Å²) in [6.45, 7) is 8.56. The van der Waals surface area contributed by atoms with Crippen molar-refractivity contribution in [2.45, 2.75) is 27.2 Å². The summed E-state index contributed by atoms with van der Waals surface area (Å²) in [7, 11) is 0. The predicted molar refractivity (Wildman–Crippen MR) is 131 cm³/mol. The third-order valence-electron chi connectivity index (χ3n) is 6.27. The zero-order valence-corrected chi connectivity index (χ0v) is 19.3. The number of esters is 1. The van der Waals surface area contributed by atoms with Gasteiger partial charge in [-0.1, -0.05) is 37.3 Å². The summed E-state index contributed by atoms with van der Waals surface area (Å²) in [5.41, 5.74) is 5.89. The lowest BCUT2D eigenvalue weighted by atomic mass is 10.0. The fraction of sp³-hybridized carbons (Fsp3) is 0.296. The van der Waals surface area contributed by atoms with E-state index in [1.165, 1.54) is 12.1 Å². The molecule has 0 amide bonds. The van der Waals surface area contributed by atoms with Gasteiger partial charge in [0.2, 0.25) is 0 Å². The molecule has 5 rings (SSSR count). The first-order chi connectivity index (χ1) is 16.0. The van der Waals surface area contributed by atoms with Crippen LogP contribution in [0, 0.1) is 12.8 Å². The van der Waals surface area contributed by atoms with Crippen molar-refractivity contribution in [3.8, 4) is 16.8 Å². The van der Waals surface area contributed by atoms with Crippen LogP contribution in [0.1, 0.15) is 36.5 Å². The number of aromatic nitrogens is 3.